The Morgan fingerprint density at radius 1 is 1.32 bits per heavy atom. The van der Waals surface area contributed by atoms with E-state index < -0.39 is 0 Å². The summed E-state index contributed by atoms with van der Waals surface area (Å²) in [6.07, 6.45) is 0.935. The van der Waals surface area contributed by atoms with Crippen LogP contribution in [-0.4, -0.2) is 25.2 Å². The summed E-state index contributed by atoms with van der Waals surface area (Å²) in [5.41, 5.74) is 7.78. The summed E-state index contributed by atoms with van der Waals surface area (Å²) in [4.78, 5) is 6.75. The van der Waals surface area contributed by atoms with Gasteiger partial charge in [-0.05, 0) is 44.2 Å². The van der Waals surface area contributed by atoms with E-state index in [2.05, 4.69) is 15.3 Å². The van der Waals surface area contributed by atoms with Crippen molar-refractivity contribution in [3.05, 3.63) is 35.3 Å². The van der Waals surface area contributed by atoms with Gasteiger partial charge in [-0.15, -0.1) is 11.3 Å². The van der Waals surface area contributed by atoms with Gasteiger partial charge in [0, 0.05) is 17.6 Å². The summed E-state index contributed by atoms with van der Waals surface area (Å²) in [6.45, 7) is 3.56. The highest BCUT2D eigenvalue weighted by molar-refractivity contribution is 7.13. The molecule has 0 saturated heterocycles. The highest BCUT2D eigenvalue weighted by atomic mass is 32.1. The van der Waals surface area contributed by atoms with Crippen molar-refractivity contribution in [1.82, 2.24) is 4.98 Å². The fourth-order valence-corrected chi connectivity index (χ4v) is 2.66. The smallest absolute Gasteiger partial charge is 0.190 e. The van der Waals surface area contributed by atoms with Crippen molar-refractivity contribution in [2.75, 3.05) is 25.1 Å². The lowest BCUT2D eigenvalue weighted by Gasteiger charge is -2.22. The molecule has 2 rings (SSSR count). The number of nitrogens with two attached hydrogens (primary N) is 1. The minimum atomic E-state index is 0.678. The van der Waals surface area contributed by atoms with Crippen molar-refractivity contribution in [3.8, 4) is 5.75 Å². The second kappa shape index (κ2) is 6.54. The number of benzene rings is 1. The average Bonchev–Trinajstić information content (AvgIpc) is 2.86. The van der Waals surface area contributed by atoms with E-state index in [1.165, 1.54) is 0 Å². The molecule has 0 fully saturated rings. The van der Waals surface area contributed by atoms with E-state index >= 15 is 0 Å². The highest BCUT2D eigenvalue weighted by Crippen LogP contribution is 2.29. The van der Waals surface area contributed by atoms with Gasteiger partial charge in [-0.25, -0.2) is 4.98 Å². The zero-order chi connectivity index (χ0) is 13.7. The SMILES string of the molecule is COc1ccc(N(CCCN)c2nc(C)cs2)cc1. The van der Waals surface area contributed by atoms with E-state index in [1.807, 2.05) is 31.2 Å². The molecule has 0 unspecified atom stereocenters. The number of rotatable bonds is 6. The number of hydrogen-bond acceptors (Lipinski definition) is 5. The van der Waals surface area contributed by atoms with Gasteiger partial charge < -0.3 is 15.4 Å². The van der Waals surface area contributed by atoms with Crippen LogP contribution in [0.25, 0.3) is 0 Å². The molecule has 0 aliphatic rings. The van der Waals surface area contributed by atoms with Gasteiger partial charge in [-0.2, -0.15) is 0 Å². The van der Waals surface area contributed by atoms with Crippen molar-refractivity contribution in [3.63, 3.8) is 0 Å². The summed E-state index contributed by atoms with van der Waals surface area (Å²) < 4.78 is 5.19. The standard InChI is InChI=1S/C14H19N3OS/c1-11-10-19-14(16-11)17(9-3-8-15)12-4-6-13(18-2)7-5-12/h4-7,10H,3,8-9,15H2,1-2H3. The minimum absolute atomic E-state index is 0.678. The maximum atomic E-state index is 5.62. The summed E-state index contributed by atoms with van der Waals surface area (Å²) in [5.74, 6) is 0.859. The number of methoxy groups -OCH3 is 1. The second-order valence-corrected chi connectivity index (χ2v) is 5.10. The Bertz CT molecular complexity index is 510. The van der Waals surface area contributed by atoms with Gasteiger partial charge in [-0.1, -0.05) is 0 Å². The molecule has 1 heterocycles. The van der Waals surface area contributed by atoms with Gasteiger partial charge in [0.25, 0.3) is 0 Å². The van der Waals surface area contributed by atoms with E-state index in [9.17, 15) is 0 Å². The largest absolute Gasteiger partial charge is 0.497 e. The first-order valence-electron chi connectivity index (χ1n) is 6.28. The van der Waals surface area contributed by atoms with E-state index in [0.29, 0.717) is 6.54 Å². The van der Waals surface area contributed by atoms with Crippen molar-refractivity contribution in [2.24, 2.45) is 5.73 Å². The van der Waals surface area contributed by atoms with E-state index in [1.54, 1.807) is 18.4 Å². The third kappa shape index (κ3) is 3.45. The van der Waals surface area contributed by atoms with Crippen LogP contribution in [-0.2, 0) is 0 Å². The Morgan fingerprint density at radius 2 is 2.05 bits per heavy atom. The molecule has 19 heavy (non-hydrogen) atoms. The normalized spacial score (nSPS) is 10.5. The maximum absolute atomic E-state index is 5.62. The van der Waals surface area contributed by atoms with Crippen LogP contribution in [0.3, 0.4) is 0 Å². The number of aromatic nitrogens is 1. The van der Waals surface area contributed by atoms with Gasteiger partial charge in [0.05, 0.1) is 12.8 Å². The molecule has 0 aliphatic heterocycles. The van der Waals surface area contributed by atoms with Crippen LogP contribution in [0.2, 0.25) is 0 Å². The number of anilines is 2. The highest BCUT2D eigenvalue weighted by Gasteiger charge is 2.12. The zero-order valence-corrected chi connectivity index (χ0v) is 12.1. The maximum Gasteiger partial charge on any atom is 0.190 e. The molecule has 102 valence electrons. The molecular formula is C14H19N3OS. The number of aryl methyl sites for hydroxylation is 1. The number of hydrogen-bond donors (Lipinski definition) is 1. The van der Waals surface area contributed by atoms with Crippen LogP contribution in [0.1, 0.15) is 12.1 Å². The molecule has 1 aromatic heterocycles. The average molecular weight is 277 g/mol. The van der Waals surface area contributed by atoms with Crippen LogP contribution in [0, 0.1) is 6.92 Å². The molecule has 0 spiro atoms. The molecule has 0 aliphatic carbocycles. The quantitative estimate of drug-likeness (QED) is 0.882. The first-order valence-corrected chi connectivity index (χ1v) is 7.16. The van der Waals surface area contributed by atoms with Gasteiger partial charge in [0.1, 0.15) is 5.75 Å². The molecule has 0 radical (unpaired) electrons. The Kier molecular flexibility index (Phi) is 4.76. The summed E-state index contributed by atoms with van der Waals surface area (Å²) in [6, 6.07) is 8.02. The van der Waals surface area contributed by atoms with E-state index in [0.717, 1.165) is 35.2 Å². The molecule has 0 bridgehead atoms. The van der Waals surface area contributed by atoms with Crippen LogP contribution >= 0.6 is 11.3 Å². The van der Waals surface area contributed by atoms with Gasteiger partial charge in [-0.3, -0.25) is 0 Å². The molecule has 0 amide bonds. The van der Waals surface area contributed by atoms with E-state index in [-0.39, 0.29) is 0 Å². The van der Waals surface area contributed by atoms with Crippen molar-refractivity contribution in [2.45, 2.75) is 13.3 Å². The minimum Gasteiger partial charge on any atom is -0.497 e. The topological polar surface area (TPSA) is 51.4 Å². The van der Waals surface area contributed by atoms with Gasteiger partial charge >= 0.3 is 0 Å². The number of thiazole rings is 1. The predicted molar refractivity (Wildman–Crippen MR) is 80.5 cm³/mol. The predicted octanol–water partition coefficient (Wildman–Crippen LogP) is 2.95. The van der Waals surface area contributed by atoms with Crippen LogP contribution in [0.5, 0.6) is 5.75 Å². The summed E-state index contributed by atoms with van der Waals surface area (Å²) in [5, 5.41) is 3.07. The molecule has 0 saturated carbocycles. The first-order chi connectivity index (χ1) is 9.24. The van der Waals surface area contributed by atoms with Gasteiger partial charge in [0.15, 0.2) is 5.13 Å². The Hall–Kier alpha value is -1.59. The molecule has 2 N–H and O–H groups in total. The summed E-state index contributed by atoms with van der Waals surface area (Å²) >= 11 is 1.66. The van der Waals surface area contributed by atoms with Crippen molar-refractivity contribution < 1.29 is 4.74 Å². The third-order valence-corrected chi connectivity index (χ3v) is 3.79. The molecule has 2 aromatic rings. The molecular weight excluding hydrogens is 258 g/mol. The fraction of sp³-hybridized carbons (Fsp3) is 0.357. The lowest BCUT2D eigenvalue weighted by Crippen LogP contribution is -2.20. The summed E-state index contributed by atoms with van der Waals surface area (Å²) in [7, 11) is 1.67. The third-order valence-electron chi connectivity index (χ3n) is 2.81. The van der Waals surface area contributed by atoms with Crippen LogP contribution in [0.15, 0.2) is 29.6 Å². The van der Waals surface area contributed by atoms with Crippen molar-refractivity contribution in [1.29, 1.82) is 0 Å². The fourth-order valence-electron chi connectivity index (χ4n) is 1.81. The van der Waals surface area contributed by atoms with Gasteiger partial charge in [0.2, 0.25) is 0 Å². The monoisotopic (exact) mass is 277 g/mol. The molecule has 4 nitrogen and oxygen atoms in total. The Balaban J connectivity index is 2.25. The first kappa shape index (κ1) is 13.8. The zero-order valence-electron chi connectivity index (χ0n) is 11.3. The lowest BCUT2D eigenvalue weighted by molar-refractivity contribution is 0.415. The molecule has 1 aromatic carbocycles. The molecule has 0 atom stereocenters. The lowest BCUT2D eigenvalue weighted by atomic mass is 10.2. The number of ether oxygens (including phenoxy) is 1. The van der Waals surface area contributed by atoms with Crippen LogP contribution < -0.4 is 15.4 Å². The Labute approximate surface area is 117 Å². The Morgan fingerprint density at radius 3 is 2.58 bits per heavy atom. The molecule has 5 heteroatoms. The van der Waals surface area contributed by atoms with Crippen molar-refractivity contribution >= 4 is 22.2 Å². The number of nitrogens with zero attached hydrogens (tertiary/aromatic N) is 2. The van der Waals surface area contributed by atoms with Crippen LogP contribution in [0.4, 0.5) is 10.8 Å². The van der Waals surface area contributed by atoms with E-state index in [4.69, 9.17) is 10.5 Å². The second-order valence-electron chi connectivity index (χ2n) is 4.26.